The molecule has 4 nitrogen and oxygen atoms in total. The van der Waals surface area contributed by atoms with Gasteiger partial charge in [-0.1, -0.05) is 46.9 Å². The first-order valence-electron chi connectivity index (χ1n) is 8.64. The Labute approximate surface area is 167 Å². The molecule has 0 radical (unpaired) electrons. The minimum absolute atomic E-state index is 0.0196. The molecule has 136 valence electrons. The first kappa shape index (κ1) is 17.9. The average Bonchev–Trinajstić information content (AvgIpc) is 3.45. The van der Waals surface area contributed by atoms with Crippen LogP contribution in [0.1, 0.15) is 17.9 Å². The molecule has 1 aromatic heterocycles. The van der Waals surface area contributed by atoms with E-state index in [0.29, 0.717) is 28.2 Å². The summed E-state index contributed by atoms with van der Waals surface area (Å²) < 4.78 is 0. The average molecular weight is 411 g/mol. The maximum absolute atomic E-state index is 12.8. The molecule has 0 N–H and O–H groups in total. The van der Waals surface area contributed by atoms with E-state index in [9.17, 15) is 4.79 Å². The Kier molecular flexibility index (Phi) is 5.00. The summed E-state index contributed by atoms with van der Waals surface area (Å²) in [5.74, 6) is 1.32. The SMILES string of the molecule is O=C(C1CC1c1cccc(Cl)c1Cl)N1CCN(c2ccc(Cl)cn2)CC1. The van der Waals surface area contributed by atoms with Crippen LogP contribution in [0.15, 0.2) is 36.5 Å². The van der Waals surface area contributed by atoms with Gasteiger partial charge in [-0.25, -0.2) is 4.98 Å². The molecule has 4 rings (SSSR count). The van der Waals surface area contributed by atoms with Gasteiger partial charge in [0.1, 0.15) is 5.82 Å². The van der Waals surface area contributed by atoms with Gasteiger partial charge in [0.15, 0.2) is 0 Å². The quantitative estimate of drug-likeness (QED) is 0.748. The number of rotatable bonds is 3. The van der Waals surface area contributed by atoms with Crippen LogP contribution in [0.5, 0.6) is 0 Å². The van der Waals surface area contributed by atoms with Crippen molar-refractivity contribution < 1.29 is 4.79 Å². The molecule has 1 amide bonds. The van der Waals surface area contributed by atoms with Crippen molar-refractivity contribution in [2.24, 2.45) is 5.92 Å². The van der Waals surface area contributed by atoms with Crippen LogP contribution in [-0.2, 0) is 4.79 Å². The summed E-state index contributed by atoms with van der Waals surface area (Å²) in [6, 6.07) is 9.39. The zero-order valence-electron chi connectivity index (χ0n) is 14.0. The molecule has 2 heterocycles. The molecule has 2 atom stereocenters. The van der Waals surface area contributed by atoms with E-state index in [-0.39, 0.29) is 17.7 Å². The number of hydrogen-bond donors (Lipinski definition) is 0. The van der Waals surface area contributed by atoms with Crippen molar-refractivity contribution in [3.8, 4) is 0 Å². The molecule has 2 unspecified atom stereocenters. The highest BCUT2D eigenvalue weighted by molar-refractivity contribution is 6.42. The number of anilines is 1. The Hall–Kier alpha value is -1.49. The normalized spacial score (nSPS) is 22.4. The number of nitrogens with zero attached hydrogens (tertiary/aromatic N) is 3. The van der Waals surface area contributed by atoms with Crippen molar-refractivity contribution in [3.63, 3.8) is 0 Å². The van der Waals surface area contributed by atoms with E-state index in [4.69, 9.17) is 34.8 Å². The molecule has 0 bridgehead atoms. The van der Waals surface area contributed by atoms with Crippen LogP contribution in [0.2, 0.25) is 15.1 Å². The molecule has 26 heavy (non-hydrogen) atoms. The lowest BCUT2D eigenvalue weighted by Crippen LogP contribution is -2.49. The third kappa shape index (κ3) is 3.51. The third-order valence-electron chi connectivity index (χ3n) is 5.12. The smallest absolute Gasteiger partial charge is 0.226 e. The summed E-state index contributed by atoms with van der Waals surface area (Å²) in [6.07, 6.45) is 2.50. The fourth-order valence-corrected chi connectivity index (χ4v) is 4.12. The molecule has 1 aliphatic heterocycles. The fourth-order valence-electron chi connectivity index (χ4n) is 3.56. The summed E-state index contributed by atoms with van der Waals surface area (Å²) in [7, 11) is 0. The zero-order valence-corrected chi connectivity index (χ0v) is 16.3. The summed E-state index contributed by atoms with van der Waals surface area (Å²) in [5.41, 5.74) is 0.988. The predicted molar refractivity (Wildman–Crippen MR) is 105 cm³/mol. The van der Waals surface area contributed by atoms with E-state index in [1.807, 2.05) is 29.2 Å². The standard InChI is InChI=1S/C19H18Cl3N3O/c20-12-4-5-17(23-11-12)24-6-8-25(9-7-24)19(26)15-10-14(15)13-2-1-3-16(21)18(13)22/h1-5,11,14-15H,6-10H2. The Balaban J connectivity index is 1.36. The van der Waals surface area contributed by atoms with Gasteiger partial charge < -0.3 is 9.80 Å². The topological polar surface area (TPSA) is 36.4 Å². The minimum atomic E-state index is 0.0196. The Morgan fingerprint density at radius 2 is 1.81 bits per heavy atom. The van der Waals surface area contributed by atoms with Crippen molar-refractivity contribution in [1.82, 2.24) is 9.88 Å². The second-order valence-electron chi connectivity index (χ2n) is 6.74. The maximum Gasteiger partial charge on any atom is 0.226 e. The Morgan fingerprint density at radius 1 is 1.04 bits per heavy atom. The number of carbonyl (C=O) groups is 1. The summed E-state index contributed by atoms with van der Waals surface area (Å²) in [6.45, 7) is 2.95. The van der Waals surface area contributed by atoms with Crippen molar-refractivity contribution in [1.29, 1.82) is 0 Å². The van der Waals surface area contributed by atoms with E-state index < -0.39 is 0 Å². The van der Waals surface area contributed by atoms with E-state index in [0.717, 1.165) is 30.9 Å². The van der Waals surface area contributed by atoms with E-state index in [1.54, 1.807) is 12.3 Å². The lowest BCUT2D eigenvalue weighted by molar-refractivity contribution is -0.133. The second kappa shape index (κ2) is 7.26. The number of benzene rings is 1. The summed E-state index contributed by atoms with van der Waals surface area (Å²) >= 11 is 18.3. The molecule has 1 aliphatic carbocycles. The molecule has 2 aromatic rings. The van der Waals surface area contributed by atoms with Crippen LogP contribution in [-0.4, -0.2) is 42.0 Å². The van der Waals surface area contributed by atoms with E-state index in [2.05, 4.69) is 9.88 Å². The van der Waals surface area contributed by atoms with E-state index >= 15 is 0 Å². The van der Waals surface area contributed by atoms with Gasteiger partial charge in [0.2, 0.25) is 5.91 Å². The maximum atomic E-state index is 12.8. The van der Waals surface area contributed by atoms with Gasteiger partial charge in [0, 0.05) is 38.3 Å². The van der Waals surface area contributed by atoms with Crippen LogP contribution in [0.4, 0.5) is 5.82 Å². The Bertz CT molecular complexity index is 819. The van der Waals surface area contributed by atoms with Crippen molar-refractivity contribution >= 4 is 46.5 Å². The summed E-state index contributed by atoms with van der Waals surface area (Å²) in [4.78, 5) is 21.3. The Morgan fingerprint density at radius 3 is 2.50 bits per heavy atom. The van der Waals surface area contributed by atoms with Crippen molar-refractivity contribution in [2.45, 2.75) is 12.3 Å². The minimum Gasteiger partial charge on any atom is -0.353 e. The lowest BCUT2D eigenvalue weighted by atomic mass is 10.1. The van der Waals surface area contributed by atoms with Crippen LogP contribution < -0.4 is 4.90 Å². The van der Waals surface area contributed by atoms with Gasteiger partial charge in [-0.15, -0.1) is 0 Å². The second-order valence-corrected chi connectivity index (χ2v) is 7.96. The van der Waals surface area contributed by atoms with Crippen LogP contribution in [0, 0.1) is 5.92 Å². The number of amides is 1. The first-order valence-corrected chi connectivity index (χ1v) is 9.77. The predicted octanol–water partition coefficient (Wildman–Crippen LogP) is 4.49. The third-order valence-corrected chi connectivity index (χ3v) is 6.17. The highest BCUT2D eigenvalue weighted by atomic mass is 35.5. The molecule has 1 saturated heterocycles. The number of pyridine rings is 1. The highest BCUT2D eigenvalue weighted by Crippen LogP contribution is 2.51. The highest BCUT2D eigenvalue weighted by Gasteiger charge is 2.47. The van der Waals surface area contributed by atoms with Crippen LogP contribution >= 0.6 is 34.8 Å². The number of halogens is 3. The van der Waals surface area contributed by atoms with Crippen LogP contribution in [0.3, 0.4) is 0 Å². The van der Waals surface area contributed by atoms with Crippen LogP contribution in [0.25, 0.3) is 0 Å². The monoisotopic (exact) mass is 409 g/mol. The molecule has 1 saturated carbocycles. The van der Waals surface area contributed by atoms with Gasteiger partial charge >= 0.3 is 0 Å². The van der Waals surface area contributed by atoms with Gasteiger partial charge in [-0.2, -0.15) is 0 Å². The fraction of sp³-hybridized carbons (Fsp3) is 0.368. The number of carbonyl (C=O) groups excluding carboxylic acids is 1. The number of aromatic nitrogens is 1. The van der Waals surface area contributed by atoms with Gasteiger partial charge in [0.05, 0.1) is 15.1 Å². The molecular formula is C19H18Cl3N3O. The van der Waals surface area contributed by atoms with Crippen molar-refractivity contribution in [2.75, 3.05) is 31.1 Å². The first-order chi connectivity index (χ1) is 12.5. The molecule has 1 aromatic carbocycles. The molecule has 0 spiro atoms. The zero-order chi connectivity index (χ0) is 18.3. The van der Waals surface area contributed by atoms with Crippen molar-refractivity contribution in [3.05, 3.63) is 57.2 Å². The largest absolute Gasteiger partial charge is 0.353 e. The lowest BCUT2D eigenvalue weighted by Gasteiger charge is -2.35. The molecular weight excluding hydrogens is 393 g/mol. The molecule has 7 heteroatoms. The number of hydrogen-bond acceptors (Lipinski definition) is 3. The van der Waals surface area contributed by atoms with E-state index in [1.165, 1.54) is 0 Å². The molecule has 2 aliphatic rings. The van der Waals surface area contributed by atoms with Gasteiger partial charge in [-0.05, 0) is 36.1 Å². The number of piperazine rings is 1. The van der Waals surface area contributed by atoms with Gasteiger partial charge in [-0.3, -0.25) is 4.79 Å². The summed E-state index contributed by atoms with van der Waals surface area (Å²) in [5, 5.41) is 1.75. The molecule has 2 fully saturated rings. The van der Waals surface area contributed by atoms with Gasteiger partial charge in [0.25, 0.3) is 0 Å².